The van der Waals surface area contributed by atoms with Gasteiger partial charge < -0.3 is 11.1 Å². The fourth-order valence-corrected chi connectivity index (χ4v) is 2.31. The fourth-order valence-electron chi connectivity index (χ4n) is 2.07. The topological polar surface area (TPSA) is 55.1 Å². The minimum Gasteiger partial charge on any atom is -0.398 e. The van der Waals surface area contributed by atoms with E-state index in [1.807, 2.05) is 0 Å². The number of benzene rings is 1. The lowest BCUT2D eigenvalue weighted by Gasteiger charge is -2.18. The number of nitrogens with two attached hydrogens (primary N) is 1. The fraction of sp³-hybridized carbons (Fsp3) is 0.357. The summed E-state index contributed by atoms with van der Waals surface area (Å²) in [5.41, 5.74) is 6.96. The van der Waals surface area contributed by atoms with Crippen LogP contribution >= 0.6 is 15.9 Å². The second-order valence-corrected chi connectivity index (χ2v) is 5.45. The average molecular weight is 309 g/mol. The lowest BCUT2D eigenvalue weighted by atomic mass is 9.94. The van der Waals surface area contributed by atoms with Crippen LogP contribution in [0.2, 0.25) is 0 Å². The van der Waals surface area contributed by atoms with Crippen molar-refractivity contribution in [3.8, 4) is 0 Å². The van der Waals surface area contributed by atoms with Crippen molar-refractivity contribution >= 4 is 27.5 Å². The molecule has 1 aromatic carbocycles. The quantitative estimate of drug-likeness (QED) is 0.666. The minimum atomic E-state index is -0.0521. The first-order chi connectivity index (χ1) is 8.66. The van der Waals surface area contributed by atoms with Gasteiger partial charge in [-0.05, 0) is 59.3 Å². The molecule has 1 unspecified atom stereocenters. The maximum Gasteiger partial charge on any atom is 0.251 e. The summed E-state index contributed by atoms with van der Waals surface area (Å²) >= 11 is 3.32. The van der Waals surface area contributed by atoms with E-state index in [0.29, 0.717) is 17.2 Å². The Labute approximate surface area is 116 Å². The number of nitrogen functional groups attached to an aromatic ring is 1. The van der Waals surface area contributed by atoms with Crippen LogP contribution in [0.4, 0.5) is 5.69 Å². The molecule has 1 amide bonds. The predicted octanol–water partition coefficient (Wildman–Crippen LogP) is 3.12. The highest BCUT2D eigenvalue weighted by Gasteiger charge is 2.12. The van der Waals surface area contributed by atoms with Crippen molar-refractivity contribution in [1.82, 2.24) is 5.32 Å². The molecule has 96 valence electrons. The van der Waals surface area contributed by atoms with Gasteiger partial charge in [0.1, 0.15) is 0 Å². The Morgan fingerprint density at radius 3 is 2.94 bits per heavy atom. The van der Waals surface area contributed by atoms with Crippen LogP contribution in [0.5, 0.6) is 0 Å². The SMILES string of the molecule is Nc1cc(C(=O)NCC2CC=CCC2)ccc1Br. The van der Waals surface area contributed by atoms with Gasteiger partial charge in [0.2, 0.25) is 0 Å². The molecule has 0 saturated carbocycles. The Bertz CT molecular complexity index is 471. The van der Waals surface area contributed by atoms with E-state index in [-0.39, 0.29) is 5.91 Å². The van der Waals surface area contributed by atoms with Crippen molar-refractivity contribution < 1.29 is 4.79 Å². The van der Waals surface area contributed by atoms with Crippen LogP contribution in [0.1, 0.15) is 29.6 Å². The van der Waals surface area contributed by atoms with E-state index < -0.39 is 0 Å². The molecule has 3 nitrogen and oxygen atoms in total. The molecule has 0 aliphatic heterocycles. The Kier molecular flexibility index (Phi) is 4.42. The molecular weight excluding hydrogens is 292 g/mol. The van der Waals surface area contributed by atoms with Crippen LogP contribution in [0.3, 0.4) is 0 Å². The van der Waals surface area contributed by atoms with Crippen molar-refractivity contribution in [2.24, 2.45) is 5.92 Å². The van der Waals surface area contributed by atoms with Crippen LogP contribution in [0, 0.1) is 5.92 Å². The molecule has 0 spiro atoms. The highest BCUT2D eigenvalue weighted by molar-refractivity contribution is 9.10. The number of carbonyl (C=O) groups is 1. The molecule has 2 rings (SSSR count). The molecule has 0 aromatic heterocycles. The summed E-state index contributed by atoms with van der Waals surface area (Å²) in [6, 6.07) is 5.27. The molecule has 1 aliphatic carbocycles. The van der Waals surface area contributed by atoms with Gasteiger partial charge in [0.05, 0.1) is 0 Å². The van der Waals surface area contributed by atoms with Crippen molar-refractivity contribution in [3.05, 3.63) is 40.4 Å². The lowest BCUT2D eigenvalue weighted by Crippen LogP contribution is -2.29. The Morgan fingerprint density at radius 2 is 2.28 bits per heavy atom. The number of anilines is 1. The standard InChI is InChI=1S/C14H17BrN2O/c15-12-7-6-11(8-13(12)16)14(18)17-9-10-4-2-1-3-5-10/h1-2,6-8,10H,3-5,9,16H2,(H,17,18). The number of hydrogen-bond donors (Lipinski definition) is 2. The summed E-state index contributed by atoms with van der Waals surface area (Å²) < 4.78 is 0.816. The van der Waals surface area contributed by atoms with Gasteiger partial charge in [0, 0.05) is 22.3 Å². The summed E-state index contributed by atoms with van der Waals surface area (Å²) in [5.74, 6) is 0.510. The maximum atomic E-state index is 12.0. The van der Waals surface area contributed by atoms with Crippen molar-refractivity contribution in [2.75, 3.05) is 12.3 Å². The van der Waals surface area contributed by atoms with Gasteiger partial charge in [-0.3, -0.25) is 4.79 Å². The van der Waals surface area contributed by atoms with E-state index in [4.69, 9.17) is 5.73 Å². The number of halogens is 1. The summed E-state index contributed by atoms with van der Waals surface area (Å²) in [6.45, 7) is 0.735. The van der Waals surface area contributed by atoms with Gasteiger partial charge in [-0.1, -0.05) is 12.2 Å². The number of nitrogens with one attached hydrogen (secondary N) is 1. The number of rotatable bonds is 3. The zero-order valence-electron chi connectivity index (χ0n) is 10.2. The van der Waals surface area contributed by atoms with E-state index in [9.17, 15) is 4.79 Å². The molecule has 0 bridgehead atoms. The second kappa shape index (κ2) is 6.05. The molecule has 4 heteroatoms. The largest absolute Gasteiger partial charge is 0.398 e. The Balaban J connectivity index is 1.91. The van der Waals surface area contributed by atoms with Gasteiger partial charge in [-0.15, -0.1) is 0 Å². The zero-order chi connectivity index (χ0) is 13.0. The highest BCUT2D eigenvalue weighted by Crippen LogP contribution is 2.20. The smallest absolute Gasteiger partial charge is 0.251 e. The van der Waals surface area contributed by atoms with Crippen LogP contribution in [-0.4, -0.2) is 12.5 Å². The van der Waals surface area contributed by atoms with Gasteiger partial charge in [0.25, 0.3) is 5.91 Å². The van der Waals surface area contributed by atoms with E-state index in [2.05, 4.69) is 33.4 Å². The molecule has 1 atom stereocenters. The third-order valence-electron chi connectivity index (χ3n) is 3.19. The highest BCUT2D eigenvalue weighted by atomic mass is 79.9. The molecule has 1 aliphatic rings. The number of allylic oxidation sites excluding steroid dienone is 2. The van der Waals surface area contributed by atoms with Gasteiger partial charge in [-0.25, -0.2) is 0 Å². The number of amides is 1. The lowest BCUT2D eigenvalue weighted by molar-refractivity contribution is 0.0946. The summed E-state index contributed by atoms with van der Waals surface area (Å²) in [5, 5.41) is 2.97. The summed E-state index contributed by atoms with van der Waals surface area (Å²) in [6.07, 6.45) is 7.72. The zero-order valence-corrected chi connectivity index (χ0v) is 11.7. The maximum absolute atomic E-state index is 12.0. The van der Waals surface area contributed by atoms with Crippen molar-refractivity contribution in [1.29, 1.82) is 0 Å². The van der Waals surface area contributed by atoms with E-state index >= 15 is 0 Å². The Hall–Kier alpha value is -1.29. The molecule has 18 heavy (non-hydrogen) atoms. The van der Waals surface area contributed by atoms with Crippen LogP contribution in [-0.2, 0) is 0 Å². The molecule has 0 radical (unpaired) electrons. The van der Waals surface area contributed by atoms with E-state index in [0.717, 1.165) is 30.3 Å². The third-order valence-corrected chi connectivity index (χ3v) is 3.91. The van der Waals surface area contributed by atoms with Gasteiger partial charge in [0.15, 0.2) is 0 Å². The van der Waals surface area contributed by atoms with Crippen LogP contribution in [0.25, 0.3) is 0 Å². The van der Waals surface area contributed by atoms with Crippen LogP contribution < -0.4 is 11.1 Å². The third kappa shape index (κ3) is 3.35. The van der Waals surface area contributed by atoms with E-state index in [1.54, 1.807) is 18.2 Å². The van der Waals surface area contributed by atoms with Crippen molar-refractivity contribution in [2.45, 2.75) is 19.3 Å². The summed E-state index contributed by atoms with van der Waals surface area (Å²) in [7, 11) is 0. The van der Waals surface area contributed by atoms with Gasteiger partial charge in [-0.2, -0.15) is 0 Å². The molecule has 0 heterocycles. The van der Waals surface area contributed by atoms with E-state index in [1.165, 1.54) is 0 Å². The van der Waals surface area contributed by atoms with Crippen LogP contribution in [0.15, 0.2) is 34.8 Å². The van der Waals surface area contributed by atoms with Gasteiger partial charge >= 0.3 is 0 Å². The first-order valence-corrected chi connectivity index (χ1v) is 6.94. The normalized spacial score (nSPS) is 18.6. The molecule has 3 N–H and O–H groups in total. The van der Waals surface area contributed by atoms with Crippen molar-refractivity contribution in [3.63, 3.8) is 0 Å². The minimum absolute atomic E-state index is 0.0521. The molecule has 0 fully saturated rings. The monoisotopic (exact) mass is 308 g/mol. The average Bonchev–Trinajstić information content (AvgIpc) is 2.40. The number of carbonyl (C=O) groups excluding carboxylic acids is 1. The predicted molar refractivity (Wildman–Crippen MR) is 77.4 cm³/mol. The molecular formula is C14H17BrN2O. The number of hydrogen-bond acceptors (Lipinski definition) is 2. The Morgan fingerprint density at radius 1 is 1.44 bits per heavy atom. The molecule has 1 aromatic rings. The second-order valence-electron chi connectivity index (χ2n) is 4.60. The first kappa shape index (κ1) is 13.1. The first-order valence-electron chi connectivity index (χ1n) is 6.15. The molecule has 0 saturated heterocycles. The summed E-state index contributed by atoms with van der Waals surface area (Å²) in [4.78, 5) is 12.0.